The maximum atomic E-state index is 12.1. The summed E-state index contributed by atoms with van der Waals surface area (Å²) in [7, 11) is 3.50. The van der Waals surface area contributed by atoms with Gasteiger partial charge in [0.05, 0.1) is 5.56 Å². The molecule has 1 aliphatic rings. The highest BCUT2D eigenvalue weighted by molar-refractivity contribution is 5.94. The van der Waals surface area contributed by atoms with Crippen LogP contribution in [0.4, 0.5) is 4.79 Å². The maximum absolute atomic E-state index is 12.1. The fraction of sp³-hybridized carbons (Fsp3) is 0.500. The number of rotatable bonds is 3. The van der Waals surface area contributed by atoms with E-state index in [9.17, 15) is 9.59 Å². The van der Waals surface area contributed by atoms with Gasteiger partial charge in [0, 0.05) is 45.8 Å². The highest BCUT2D eigenvalue weighted by Crippen LogP contribution is 2.27. The van der Waals surface area contributed by atoms with Gasteiger partial charge in [-0.3, -0.25) is 9.20 Å². The molecule has 1 N–H and O–H groups in total. The first-order valence-corrected chi connectivity index (χ1v) is 8.10. The Balaban J connectivity index is 1.86. The van der Waals surface area contributed by atoms with Gasteiger partial charge in [-0.25, -0.2) is 4.79 Å². The SMILES string of the molecule is CCNC(=O)c1ccc2nnc(C3CCN(C(=O)N(C)C)C3)n2c1. The zero-order chi connectivity index (χ0) is 17.3. The van der Waals surface area contributed by atoms with Gasteiger partial charge in [0.2, 0.25) is 0 Å². The van der Waals surface area contributed by atoms with Gasteiger partial charge in [-0.2, -0.15) is 0 Å². The number of carbonyl (C=O) groups is 2. The van der Waals surface area contributed by atoms with Crippen LogP contribution in [0.3, 0.4) is 0 Å². The second kappa shape index (κ2) is 6.46. The molecule has 0 aliphatic carbocycles. The Hall–Kier alpha value is -2.64. The van der Waals surface area contributed by atoms with E-state index in [2.05, 4.69) is 15.5 Å². The van der Waals surface area contributed by atoms with Crippen molar-refractivity contribution in [2.45, 2.75) is 19.3 Å². The van der Waals surface area contributed by atoms with E-state index in [1.807, 2.05) is 16.2 Å². The summed E-state index contributed by atoms with van der Waals surface area (Å²) in [5.74, 6) is 0.800. The number of hydrogen-bond donors (Lipinski definition) is 1. The van der Waals surface area contributed by atoms with Crippen molar-refractivity contribution in [1.82, 2.24) is 29.7 Å². The molecular formula is C16H22N6O2. The smallest absolute Gasteiger partial charge is 0.319 e. The van der Waals surface area contributed by atoms with Gasteiger partial charge in [-0.1, -0.05) is 0 Å². The van der Waals surface area contributed by atoms with Crippen LogP contribution in [0, 0.1) is 0 Å². The van der Waals surface area contributed by atoms with Crippen LogP contribution in [0.1, 0.15) is 35.4 Å². The summed E-state index contributed by atoms with van der Waals surface area (Å²) in [6.45, 7) is 3.78. The molecule has 3 rings (SSSR count). The van der Waals surface area contributed by atoms with E-state index < -0.39 is 0 Å². The minimum atomic E-state index is -0.116. The predicted octanol–water partition coefficient (Wildman–Crippen LogP) is 0.950. The summed E-state index contributed by atoms with van der Waals surface area (Å²) in [4.78, 5) is 27.5. The lowest BCUT2D eigenvalue weighted by atomic mass is 10.1. The molecule has 3 amide bonds. The average Bonchev–Trinajstić information content (AvgIpc) is 3.20. The second-order valence-electron chi connectivity index (χ2n) is 6.17. The number of amides is 3. The molecule has 2 aromatic heterocycles. The third-order valence-corrected chi connectivity index (χ3v) is 4.23. The number of urea groups is 1. The van der Waals surface area contributed by atoms with Gasteiger partial charge in [-0.05, 0) is 25.5 Å². The van der Waals surface area contributed by atoms with Gasteiger partial charge in [-0.15, -0.1) is 10.2 Å². The molecule has 0 bridgehead atoms. The van der Waals surface area contributed by atoms with Crippen LogP contribution in [0.2, 0.25) is 0 Å². The number of pyridine rings is 1. The summed E-state index contributed by atoms with van der Waals surface area (Å²) < 4.78 is 1.86. The molecule has 1 atom stereocenters. The molecule has 1 saturated heterocycles. The van der Waals surface area contributed by atoms with Crippen molar-refractivity contribution in [3.8, 4) is 0 Å². The second-order valence-corrected chi connectivity index (χ2v) is 6.17. The summed E-state index contributed by atoms with van der Waals surface area (Å²) in [5, 5.41) is 11.3. The lowest BCUT2D eigenvalue weighted by Crippen LogP contribution is -2.37. The molecule has 24 heavy (non-hydrogen) atoms. The van der Waals surface area contributed by atoms with Gasteiger partial charge in [0.1, 0.15) is 5.82 Å². The van der Waals surface area contributed by atoms with Crippen LogP contribution in [0.25, 0.3) is 5.65 Å². The largest absolute Gasteiger partial charge is 0.352 e. The number of fused-ring (bicyclic) bond motifs is 1. The number of aromatic nitrogens is 3. The van der Waals surface area contributed by atoms with Crippen molar-refractivity contribution in [1.29, 1.82) is 0 Å². The van der Waals surface area contributed by atoms with Crippen molar-refractivity contribution in [2.75, 3.05) is 33.7 Å². The first kappa shape index (κ1) is 16.2. The zero-order valence-corrected chi connectivity index (χ0v) is 14.2. The van der Waals surface area contributed by atoms with E-state index in [1.165, 1.54) is 0 Å². The minimum absolute atomic E-state index is 0.00864. The number of hydrogen-bond acceptors (Lipinski definition) is 4. The fourth-order valence-electron chi connectivity index (χ4n) is 3.01. The molecule has 128 valence electrons. The van der Waals surface area contributed by atoms with Crippen LogP contribution >= 0.6 is 0 Å². The third kappa shape index (κ3) is 2.91. The Morgan fingerprint density at radius 2 is 2.12 bits per heavy atom. The Labute approximate surface area is 140 Å². The summed E-state index contributed by atoms with van der Waals surface area (Å²) in [6, 6.07) is 3.54. The Kier molecular flexibility index (Phi) is 4.37. The standard InChI is InChI=1S/C16H22N6O2/c1-4-17-15(23)12-5-6-13-18-19-14(22(13)10-12)11-7-8-21(9-11)16(24)20(2)3/h5-6,10-11H,4,7-9H2,1-3H3,(H,17,23). The molecule has 1 fully saturated rings. The predicted molar refractivity (Wildman–Crippen MR) is 89.0 cm³/mol. The van der Waals surface area contributed by atoms with E-state index in [4.69, 9.17) is 0 Å². The van der Waals surface area contributed by atoms with Gasteiger partial charge >= 0.3 is 6.03 Å². The van der Waals surface area contributed by atoms with Crippen molar-refractivity contribution in [3.63, 3.8) is 0 Å². The van der Waals surface area contributed by atoms with E-state index in [0.29, 0.717) is 30.8 Å². The van der Waals surface area contributed by atoms with Gasteiger partial charge in [0.25, 0.3) is 5.91 Å². The Bertz CT molecular complexity index is 769. The number of nitrogens with zero attached hydrogens (tertiary/aromatic N) is 5. The molecule has 1 aliphatic heterocycles. The van der Waals surface area contributed by atoms with Gasteiger partial charge in [0.15, 0.2) is 5.65 Å². The summed E-state index contributed by atoms with van der Waals surface area (Å²) in [6.07, 6.45) is 2.61. The third-order valence-electron chi connectivity index (χ3n) is 4.23. The molecule has 0 spiro atoms. The molecule has 8 heteroatoms. The lowest BCUT2D eigenvalue weighted by Gasteiger charge is -2.21. The van der Waals surface area contributed by atoms with E-state index in [0.717, 1.165) is 12.2 Å². The molecule has 3 heterocycles. The molecule has 2 aromatic rings. The molecular weight excluding hydrogens is 308 g/mol. The lowest BCUT2D eigenvalue weighted by molar-refractivity contribution is 0.0955. The van der Waals surface area contributed by atoms with Crippen molar-refractivity contribution >= 4 is 17.6 Å². The van der Waals surface area contributed by atoms with Crippen LogP contribution < -0.4 is 5.32 Å². The first-order valence-electron chi connectivity index (χ1n) is 8.10. The Morgan fingerprint density at radius 3 is 2.83 bits per heavy atom. The minimum Gasteiger partial charge on any atom is -0.352 e. The topological polar surface area (TPSA) is 82.8 Å². The molecule has 1 unspecified atom stereocenters. The highest BCUT2D eigenvalue weighted by atomic mass is 16.2. The van der Waals surface area contributed by atoms with E-state index in [-0.39, 0.29) is 17.9 Å². The summed E-state index contributed by atoms with van der Waals surface area (Å²) >= 11 is 0. The van der Waals surface area contributed by atoms with Gasteiger partial charge < -0.3 is 15.1 Å². The molecule has 8 nitrogen and oxygen atoms in total. The Morgan fingerprint density at radius 1 is 1.33 bits per heavy atom. The van der Waals surface area contributed by atoms with Crippen LogP contribution in [0.15, 0.2) is 18.3 Å². The van der Waals surface area contributed by atoms with Crippen molar-refractivity contribution < 1.29 is 9.59 Å². The zero-order valence-electron chi connectivity index (χ0n) is 14.2. The van der Waals surface area contributed by atoms with Crippen molar-refractivity contribution in [2.24, 2.45) is 0 Å². The number of likely N-dealkylation sites (tertiary alicyclic amines) is 1. The molecule has 0 saturated carbocycles. The number of nitrogens with one attached hydrogen (secondary N) is 1. The first-order chi connectivity index (χ1) is 11.5. The average molecular weight is 330 g/mol. The summed E-state index contributed by atoms with van der Waals surface area (Å²) in [5.41, 5.74) is 1.28. The normalized spacial score (nSPS) is 17.3. The monoisotopic (exact) mass is 330 g/mol. The molecule has 0 aromatic carbocycles. The number of carbonyl (C=O) groups excluding carboxylic acids is 2. The van der Waals surface area contributed by atoms with E-state index in [1.54, 1.807) is 37.3 Å². The fourth-order valence-corrected chi connectivity index (χ4v) is 3.01. The van der Waals surface area contributed by atoms with Crippen LogP contribution in [0.5, 0.6) is 0 Å². The highest BCUT2D eigenvalue weighted by Gasteiger charge is 2.31. The van der Waals surface area contributed by atoms with Crippen molar-refractivity contribution in [3.05, 3.63) is 29.7 Å². The van der Waals surface area contributed by atoms with Crippen LogP contribution in [-0.4, -0.2) is 70.1 Å². The quantitative estimate of drug-likeness (QED) is 0.908. The maximum Gasteiger partial charge on any atom is 0.319 e. The van der Waals surface area contributed by atoms with E-state index >= 15 is 0 Å². The van der Waals surface area contributed by atoms with Crippen LogP contribution in [-0.2, 0) is 0 Å². The molecule has 0 radical (unpaired) electrons.